The number of ketones is 1. The zero-order chi connectivity index (χ0) is 11.5. The molecule has 0 aliphatic rings. The molecule has 0 aromatic carbocycles. The van der Waals surface area contributed by atoms with Crippen molar-refractivity contribution in [1.29, 1.82) is 0 Å². The van der Waals surface area contributed by atoms with Gasteiger partial charge in [0.25, 0.3) is 0 Å². The van der Waals surface area contributed by atoms with Crippen LogP contribution in [0.4, 0.5) is 0 Å². The van der Waals surface area contributed by atoms with Gasteiger partial charge in [0.05, 0.1) is 0 Å². The highest BCUT2D eigenvalue weighted by Crippen LogP contribution is 2.23. The van der Waals surface area contributed by atoms with Crippen LogP contribution in [0.2, 0.25) is 0 Å². The molecule has 0 aromatic rings. The Morgan fingerprint density at radius 1 is 1.13 bits per heavy atom. The summed E-state index contributed by atoms with van der Waals surface area (Å²) in [6, 6.07) is 0. The molecular formula is C10H18O3S2. The minimum Gasteiger partial charge on any atom is -0.481 e. The highest BCUT2D eigenvalue weighted by Gasteiger charge is 2.06. The number of rotatable bonds is 10. The molecule has 0 aliphatic heterocycles. The molecule has 0 bridgehead atoms. The quantitative estimate of drug-likeness (QED) is 0.367. The summed E-state index contributed by atoms with van der Waals surface area (Å²) in [5.41, 5.74) is 0. The summed E-state index contributed by atoms with van der Waals surface area (Å²) in [6.45, 7) is 2.16. The van der Waals surface area contributed by atoms with E-state index in [1.165, 1.54) is 12.8 Å². The van der Waals surface area contributed by atoms with Crippen molar-refractivity contribution in [3.8, 4) is 0 Å². The average Bonchev–Trinajstić information content (AvgIpc) is 2.15. The smallest absolute Gasteiger partial charge is 0.310 e. The molecule has 0 amide bonds. The van der Waals surface area contributed by atoms with E-state index in [2.05, 4.69) is 6.92 Å². The lowest BCUT2D eigenvalue weighted by Crippen LogP contribution is -2.06. The van der Waals surface area contributed by atoms with Crippen LogP contribution in [-0.2, 0) is 9.59 Å². The van der Waals surface area contributed by atoms with E-state index < -0.39 is 5.97 Å². The Hall–Kier alpha value is -0.160. The standard InChI is InChI=1S/C10H18O3S2/c1-2-3-6-14-15-7-4-5-9(11)8-10(12)13/h2-8H2,1H3,(H,12,13). The van der Waals surface area contributed by atoms with E-state index in [4.69, 9.17) is 5.11 Å². The summed E-state index contributed by atoms with van der Waals surface area (Å²) in [5.74, 6) is 0.899. The van der Waals surface area contributed by atoms with Crippen LogP contribution in [-0.4, -0.2) is 28.4 Å². The normalized spacial score (nSPS) is 10.2. The van der Waals surface area contributed by atoms with Gasteiger partial charge in [-0.2, -0.15) is 0 Å². The average molecular weight is 250 g/mol. The van der Waals surface area contributed by atoms with Crippen LogP contribution in [0.25, 0.3) is 0 Å². The molecular weight excluding hydrogens is 232 g/mol. The molecule has 0 aromatic heterocycles. The van der Waals surface area contributed by atoms with Crippen LogP contribution in [0, 0.1) is 0 Å². The number of hydrogen-bond acceptors (Lipinski definition) is 4. The van der Waals surface area contributed by atoms with Crippen LogP contribution in [0.15, 0.2) is 0 Å². The van der Waals surface area contributed by atoms with Gasteiger partial charge in [-0.1, -0.05) is 34.9 Å². The lowest BCUT2D eigenvalue weighted by molar-refractivity contribution is -0.140. The van der Waals surface area contributed by atoms with Gasteiger partial charge in [0.1, 0.15) is 12.2 Å². The summed E-state index contributed by atoms with van der Waals surface area (Å²) in [4.78, 5) is 21.2. The van der Waals surface area contributed by atoms with Crippen LogP contribution in [0.5, 0.6) is 0 Å². The number of carbonyl (C=O) groups is 2. The summed E-state index contributed by atoms with van der Waals surface area (Å²) in [6.07, 6.45) is 3.30. The first kappa shape index (κ1) is 14.8. The Bertz CT molecular complexity index is 195. The SMILES string of the molecule is CCCCSSCCCC(=O)CC(=O)O. The van der Waals surface area contributed by atoms with Gasteiger partial charge in [0, 0.05) is 17.9 Å². The highest BCUT2D eigenvalue weighted by atomic mass is 33.1. The van der Waals surface area contributed by atoms with Crippen molar-refractivity contribution in [2.75, 3.05) is 11.5 Å². The van der Waals surface area contributed by atoms with E-state index in [0.29, 0.717) is 6.42 Å². The molecule has 0 heterocycles. The van der Waals surface area contributed by atoms with Crippen molar-refractivity contribution >= 4 is 33.3 Å². The third kappa shape index (κ3) is 11.8. The number of Topliss-reactive ketones (excluding diaryl/α,β-unsaturated/α-hetero) is 1. The minimum atomic E-state index is -1.02. The van der Waals surface area contributed by atoms with Crippen molar-refractivity contribution in [2.45, 2.75) is 39.0 Å². The Kier molecular flexibility index (Phi) is 10.3. The summed E-state index contributed by atoms with van der Waals surface area (Å²) >= 11 is 0. The van der Waals surface area contributed by atoms with Crippen molar-refractivity contribution < 1.29 is 14.7 Å². The van der Waals surface area contributed by atoms with Gasteiger partial charge in [-0.25, -0.2) is 0 Å². The molecule has 88 valence electrons. The van der Waals surface area contributed by atoms with Gasteiger partial charge >= 0.3 is 5.97 Å². The maximum absolute atomic E-state index is 11.0. The van der Waals surface area contributed by atoms with Crippen molar-refractivity contribution in [2.24, 2.45) is 0 Å². The molecule has 15 heavy (non-hydrogen) atoms. The van der Waals surface area contributed by atoms with Crippen molar-refractivity contribution in [1.82, 2.24) is 0 Å². The molecule has 3 nitrogen and oxygen atoms in total. The molecule has 0 unspecified atom stereocenters. The molecule has 5 heteroatoms. The van der Waals surface area contributed by atoms with Gasteiger partial charge in [-0.15, -0.1) is 0 Å². The van der Waals surface area contributed by atoms with Crippen LogP contribution in [0.3, 0.4) is 0 Å². The number of aliphatic carboxylic acids is 1. The fourth-order valence-corrected chi connectivity index (χ4v) is 3.23. The van der Waals surface area contributed by atoms with E-state index in [0.717, 1.165) is 17.9 Å². The van der Waals surface area contributed by atoms with Gasteiger partial charge in [-0.05, 0) is 12.8 Å². The molecule has 0 saturated heterocycles. The third-order valence-electron chi connectivity index (χ3n) is 1.70. The van der Waals surface area contributed by atoms with E-state index >= 15 is 0 Å². The number of carbonyl (C=O) groups excluding carboxylic acids is 1. The highest BCUT2D eigenvalue weighted by molar-refractivity contribution is 8.76. The van der Waals surface area contributed by atoms with E-state index in [9.17, 15) is 9.59 Å². The number of unbranched alkanes of at least 4 members (excludes halogenated alkanes) is 1. The fourth-order valence-electron chi connectivity index (χ4n) is 0.906. The Balaban J connectivity index is 3.16. The van der Waals surface area contributed by atoms with Crippen molar-refractivity contribution in [3.63, 3.8) is 0 Å². The molecule has 0 spiro atoms. The lowest BCUT2D eigenvalue weighted by atomic mass is 10.2. The molecule has 0 aliphatic carbocycles. The molecule has 0 radical (unpaired) electrons. The largest absolute Gasteiger partial charge is 0.481 e. The van der Waals surface area contributed by atoms with Crippen molar-refractivity contribution in [3.05, 3.63) is 0 Å². The van der Waals surface area contributed by atoms with Crippen LogP contribution in [0.1, 0.15) is 39.0 Å². The minimum absolute atomic E-state index is 0.165. The van der Waals surface area contributed by atoms with Crippen LogP contribution >= 0.6 is 21.6 Å². The van der Waals surface area contributed by atoms with E-state index in [1.54, 1.807) is 10.8 Å². The van der Waals surface area contributed by atoms with Gasteiger partial charge in [-0.3, -0.25) is 9.59 Å². The predicted molar refractivity (Wildman–Crippen MR) is 66.3 cm³/mol. The second-order valence-corrected chi connectivity index (χ2v) is 5.91. The van der Waals surface area contributed by atoms with E-state index in [1.807, 2.05) is 10.8 Å². The molecule has 0 atom stereocenters. The predicted octanol–water partition coefficient (Wildman–Crippen LogP) is 2.99. The first-order valence-corrected chi connectivity index (χ1v) is 7.63. The monoisotopic (exact) mass is 250 g/mol. The fraction of sp³-hybridized carbons (Fsp3) is 0.800. The Morgan fingerprint density at radius 2 is 1.73 bits per heavy atom. The number of carboxylic acid groups (broad SMARTS) is 1. The molecule has 0 rings (SSSR count). The van der Waals surface area contributed by atoms with Gasteiger partial charge < -0.3 is 5.11 Å². The Labute approximate surface area is 98.8 Å². The summed E-state index contributed by atoms with van der Waals surface area (Å²) < 4.78 is 0. The second-order valence-electron chi connectivity index (χ2n) is 3.21. The second kappa shape index (κ2) is 10.4. The first-order chi connectivity index (χ1) is 7.16. The van der Waals surface area contributed by atoms with Gasteiger partial charge in [0.2, 0.25) is 0 Å². The van der Waals surface area contributed by atoms with Gasteiger partial charge in [0.15, 0.2) is 0 Å². The number of hydrogen-bond donors (Lipinski definition) is 1. The zero-order valence-corrected chi connectivity index (χ0v) is 10.7. The third-order valence-corrected chi connectivity index (χ3v) is 4.27. The first-order valence-electron chi connectivity index (χ1n) is 5.14. The van der Waals surface area contributed by atoms with Crippen LogP contribution < -0.4 is 0 Å². The Morgan fingerprint density at radius 3 is 2.27 bits per heavy atom. The summed E-state index contributed by atoms with van der Waals surface area (Å²) in [5, 5.41) is 8.35. The number of carboxylic acids is 1. The summed E-state index contributed by atoms with van der Waals surface area (Å²) in [7, 11) is 3.60. The maximum atomic E-state index is 11.0. The topological polar surface area (TPSA) is 54.4 Å². The zero-order valence-electron chi connectivity index (χ0n) is 9.03. The lowest BCUT2D eigenvalue weighted by Gasteiger charge is -1.99. The molecule has 0 saturated carbocycles. The maximum Gasteiger partial charge on any atom is 0.310 e. The molecule has 0 fully saturated rings. The van der Waals surface area contributed by atoms with E-state index in [-0.39, 0.29) is 12.2 Å². The molecule has 1 N–H and O–H groups in total.